The summed E-state index contributed by atoms with van der Waals surface area (Å²) in [6.45, 7) is 13.0. The average molecular weight is 453 g/mol. The van der Waals surface area contributed by atoms with E-state index >= 15 is 0 Å². The fraction of sp³-hybridized carbons (Fsp3) is 0.609. The zero-order valence-electron chi connectivity index (χ0n) is 17.8. The van der Waals surface area contributed by atoms with Gasteiger partial charge in [-0.15, -0.1) is 11.8 Å². The van der Waals surface area contributed by atoms with Gasteiger partial charge in [-0.2, -0.15) is 0 Å². The Hall–Kier alpha value is -0.360. The predicted octanol–water partition coefficient (Wildman–Crippen LogP) is 8.93. The number of rotatable bonds is 3. The van der Waals surface area contributed by atoms with Crippen LogP contribution in [0.2, 0.25) is 0 Å². The summed E-state index contributed by atoms with van der Waals surface area (Å²) in [7, 11) is 3.55. The monoisotopic (exact) mass is 452 g/mol. The minimum Gasteiger partial charge on any atom is -0.507 e. The topological polar surface area (TPSA) is 20.2 Å². The Bertz CT molecular complexity index is 852. The van der Waals surface area contributed by atoms with Crippen molar-refractivity contribution in [2.75, 3.05) is 0 Å². The summed E-state index contributed by atoms with van der Waals surface area (Å²) in [6.07, 6.45) is 6.71. The molecule has 0 amide bonds. The van der Waals surface area contributed by atoms with E-state index in [1.807, 2.05) is 22.1 Å². The molecular weight excluding hydrogens is 421 g/mol. The Morgan fingerprint density at radius 1 is 0.929 bits per heavy atom. The molecule has 0 spiro atoms. The summed E-state index contributed by atoms with van der Waals surface area (Å²) in [5.74, 6) is 0.440. The summed E-state index contributed by atoms with van der Waals surface area (Å²) < 4.78 is 2.35. The molecule has 28 heavy (non-hydrogen) atoms. The molecule has 1 saturated carbocycles. The molecule has 1 heterocycles. The van der Waals surface area contributed by atoms with Crippen LogP contribution < -0.4 is 0 Å². The first-order valence-electron chi connectivity index (χ1n) is 10.2. The molecular formula is C23H32OS4. The fourth-order valence-corrected chi connectivity index (χ4v) is 8.74. The number of benzene rings is 1. The van der Waals surface area contributed by atoms with Gasteiger partial charge in [-0.25, -0.2) is 0 Å². The normalized spacial score (nSPS) is 16.5. The van der Waals surface area contributed by atoms with Crippen LogP contribution in [0.1, 0.15) is 84.8 Å². The maximum atomic E-state index is 11.1. The molecule has 5 heteroatoms. The Morgan fingerprint density at radius 3 is 1.96 bits per heavy atom. The molecule has 1 fully saturated rings. The van der Waals surface area contributed by atoms with Gasteiger partial charge in [-0.1, -0.05) is 93.7 Å². The van der Waals surface area contributed by atoms with Crippen LogP contribution in [0.5, 0.6) is 5.75 Å². The SMILES string of the molecule is CC(C)(C)c1cc(-c2c(SC3CCCCC3)ssc2=S)cc(C(C)(C)C)c1O. The Morgan fingerprint density at radius 2 is 1.46 bits per heavy atom. The van der Waals surface area contributed by atoms with Crippen molar-refractivity contribution in [1.29, 1.82) is 0 Å². The highest BCUT2D eigenvalue weighted by molar-refractivity contribution is 8.03. The van der Waals surface area contributed by atoms with Crippen LogP contribution in [0, 0.1) is 3.82 Å². The quantitative estimate of drug-likeness (QED) is 0.371. The largest absolute Gasteiger partial charge is 0.507 e. The molecule has 1 aromatic heterocycles. The maximum absolute atomic E-state index is 11.1. The van der Waals surface area contributed by atoms with E-state index in [-0.39, 0.29) is 10.8 Å². The van der Waals surface area contributed by atoms with Gasteiger partial charge in [0.2, 0.25) is 0 Å². The van der Waals surface area contributed by atoms with Crippen molar-refractivity contribution < 1.29 is 5.11 Å². The molecule has 1 aliphatic carbocycles. The summed E-state index contributed by atoms with van der Waals surface area (Å²) >= 11 is 7.82. The highest BCUT2D eigenvalue weighted by Gasteiger charge is 2.28. The minimum absolute atomic E-state index is 0.127. The van der Waals surface area contributed by atoms with Gasteiger partial charge in [-0.3, -0.25) is 0 Å². The molecule has 2 aromatic rings. The molecule has 1 N–H and O–H groups in total. The lowest BCUT2D eigenvalue weighted by molar-refractivity contribution is 0.423. The van der Waals surface area contributed by atoms with Crippen LogP contribution in [-0.2, 0) is 10.8 Å². The van der Waals surface area contributed by atoms with Crippen LogP contribution in [0.15, 0.2) is 16.3 Å². The molecule has 1 aliphatic rings. The second-order valence-electron chi connectivity index (χ2n) is 9.91. The van der Waals surface area contributed by atoms with Crippen LogP contribution in [0.3, 0.4) is 0 Å². The van der Waals surface area contributed by atoms with Crippen molar-refractivity contribution in [3.05, 3.63) is 27.1 Å². The third kappa shape index (κ3) is 4.85. The van der Waals surface area contributed by atoms with Crippen molar-refractivity contribution in [3.63, 3.8) is 0 Å². The predicted molar refractivity (Wildman–Crippen MR) is 130 cm³/mol. The number of hydrogen-bond acceptors (Lipinski definition) is 5. The van der Waals surface area contributed by atoms with E-state index < -0.39 is 0 Å². The van der Waals surface area contributed by atoms with Crippen LogP contribution in [0.4, 0.5) is 0 Å². The van der Waals surface area contributed by atoms with Crippen molar-refractivity contribution in [3.8, 4) is 16.9 Å². The lowest BCUT2D eigenvalue weighted by Gasteiger charge is -2.28. The standard InChI is InChI=1S/C23H32OS4/c1-22(2,3)16-12-14(13-17(19(16)24)23(4,5)6)18-20(25)27-28-21(18)26-15-10-8-7-9-11-15/h12-13,15,24H,7-11H2,1-6H3. The molecule has 1 nitrogen and oxygen atoms in total. The molecule has 154 valence electrons. The van der Waals surface area contributed by atoms with Gasteiger partial charge in [-0.05, 0) is 41.4 Å². The highest BCUT2D eigenvalue weighted by atomic mass is 32.9. The third-order valence-corrected chi connectivity index (χ3v) is 10.3. The fourth-order valence-electron chi connectivity index (χ4n) is 3.81. The summed E-state index contributed by atoms with van der Waals surface area (Å²) in [5.41, 5.74) is 4.16. The summed E-state index contributed by atoms with van der Waals surface area (Å²) in [4.78, 5) is 0. The second kappa shape index (κ2) is 8.41. The molecule has 0 unspecified atom stereocenters. The van der Waals surface area contributed by atoms with E-state index in [4.69, 9.17) is 12.2 Å². The van der Waals surface area contributed by atoms with E-state index in [1.165, 1.54) is 47.4 Å². The molecule has 3 rings (SSSR count). The van der Waals surface area contributed by atoms with E-state index in [2.05, 4.69) is 53.7 Å². The van der Waals surface area contributed by atoms with Gasteiger partial charge in [0.1, 0.15) is 9.57 Å². The lowest BCUT2D eigenvalue weighted by Crippen LogP contribution is -2.17. The number of aromatic hydroxyl groups is 1. The smallest absolute Gasteiger partial charge is 0.123 e. The van der Waals surface area contributed by atoms with Gasteiger partial charge < -0.3 is 5.11 Å². The van der Waals surface area contributed by atoms with Gasteiger partial charge in [0.15, 0.2) is 0 Å². The average Bonchev–Trinajstić information content (AvgIpc) is 2.94. The second-order valence-corrected chi connectivity index (χ2v) is 14.3. The number of hydrogen-bond donors (Lipinski definition) is 1. The van der Waals surface area contributed by atoms with Gasteiger partial charge >= 0.3 is 0 Å². The van der Waals surface area contributed by atoms with Gasteiger partial charge in [0.05, 0.1) is 4.21 Å². The Labute approximate surface area is 187 Å². The molecule has 0 atom stereocenters. The molecule has 0 saturated heterocycles. The molecule has 0 bridgehead atoms. The third-order valence-electron chi connectivity index (χ3n) is 5.44. The van der Waals surface area contributed by atoms with Crippen molar-refractivity contribution in [2.45, 2.75) is 93.9 Å². The highest BCUT2D eigenvalue weighted by Crippen LogP contribution is 2.48. The first kappa shape index (κ1) is 22.3. The Balaban J connectivity index is 2.13. The maximum Gasteiger partial charge on any atom is 0.123 e. The first-order valence-corrected chi connectivity index (χ1v) is 13.6. The number of phenolic OH excluding ortho intramolecular Hbond substituents is 1. The zero-order valence-corrected chi connectivity index (χ0v) is 21.1. The molecule has 0 aliphatic heterocycles. The Kier molecular flexibility index (Phi) is 6.70. The summed E-state index contributed by atoms with van der Waals surface area (Å²) in [5, 5.41) is 11.8. The first-order chi connectivity index (χ1) is 13.0. The number of phenols is 1. The van der Waals surface area contributed by atoms with Crippen LogP contribution in [-0.4, -0.2) is 10.4 Å². The minimum atomic E-state index is -0.127. The molecule has 0 radical (unpaired) electrons. The van der Waals surface area contributed by atoms with Crippen LogP contribution in [0.25, 0.3) is 11.1 Å². The van der Waals surface area contributed by atoms with Crippen molar-refractivity contribution in [1.82, 2.24) is 0 Å². The molecule has 1 aromatic carbocycles. The van der Waals surface area contributed by atoms with E-state index in [0.717, 1.165) is 15.0 Å². The van der Waals surface area contributed by atoms with Gasteiger partial charge in [0, 0.05) is 21.9 Å². The number of thioether (sulfide) groups is 1. The van der Waals surface area contributed by atoms with E-state index in [1.54, 1.807) is 10.3 Å². The summed E-state index contributed by atoms with van der Waals surface area (Å²) in [6, 6.07) is 4.36. The van der Waals surface area contributed by atoms with Crippen LogP contribution >= 0.6 is 44.7 Å². The van der Waals surface area contributed by atoms with Crippen molar-refractivity contribution >= 4 is 44.7 Å². The lowest BCUT2D eigenvalue weighted by atomic mass is 9.78. The van der Waals surface area contributed by atoms with E-state index in [9.17, 15) is 5.11 Å². The van der Waals surface area contributed by atoms with Gasteiger partial charge in [0.25, 0.3) is 0 Å². The zero-order chi connectivity index (χ0) is 20.7. The van der Waals surface area contributed by atoms with Crippen molar-refractivity contribution in [2.24, 2.45) is 0 Å². The van der Waals surface area contributed by atoms with E-state index in [0.29, 0.717) is 11.0 Å².